The molecule has 1 aromatic carbocycles. The zero-order valence-corrected chi connectivity index (χ0v) is 13.4. The van der Waals surface area contributed by atoms with Gasteiger partial charge in [-0.3, -0.25) is 4.99 Å². The van der Waals surface area contributed by atoms with Crippen LogP contribution >= 0.6 is 23.4 Å². The molecule has 0 aliphatic rings. The Labute approximate surface area is 133 Å². The summed E-state index contributed by atoms with van der Waals surface area (Å²) in [4.78, 5) is 15.7. The molecule has 1 rings (SSSR count). The Bertz CT molecular complexity index is 579. The number of nitrogens with two attached hydrogens (primary N) is 1. The van der Waals surface area contributed by atoms with Crippen molar-refractivity contribution in [2.24, 2.45) is 10.7 Å². The van der Waals surface area contributed by atoms with E-state index in [0.717, 1.165) is 5.56 Å². The summed E-state index contributed by atoms with van der Waals surface area (Å²) in [7, 11) is 1.37. The molecule has 4 nitrogen and oxygen atoms in total. The van der Waals surface area contributed by atoms with Crippen LogP contribution in [0.1, 0.15) is 22.8 Å². The second-order valence-electron chi connectivity index (χ2n) is 4.12. The van der Waals surface area contributed by atoms with E-state index in [2.05, 4.69) is 4.99 Å². The zero-order chi connectivity index (χ0) is 15.7. The molecule has 2 N–H and O–H groups in total. The average molecular weight is 325 g/mol. The Hall–Kier alpha value is -1.72. The van der Waals surface area contributed by atoms with Crippen LogP contribution in [0.15, 0.2) is 52.3 Å². The molecule has 0 unspecified atom stereocenters. The fraction of sp³-hybridized carbons (Fsp3) is 0.200. The molecule has 1 aromatic rings. The molecule has 0 fully saturated rings. The van der Waals surface area contributed by atoms with Gasteiger partial charge in [0.1, 0.15) is 0 Å². The lowest BCUT2D eigenvalue weighted by Gasteiger charge is -2.05. The number of aliphatic imine (C=N–C) groups is 1. The van der Waals surface area contributed by atoms with Gasteiger partial charge in [0.25, 0.3) is 0 Å². The van der Waals surface area contributed by atoms with Gasteiger partial charge < -0.3 is 10.5 Å². The fourth-order valence-electron chi connectivity index (χ4n) is 1.48. The van der Waals surface area contributed by atoms with Crippen LogP contribution in [0.5, 0.6) is 0 Å². The van der Waals surface area contributed by atoms with Crippen LogP contribution in [0.4, 0.5) is 0 Å². The Kier molecular flexibility index (Phi) is 7.64. The van der Waals surface area contributed by atoms with Crippen molar-refractivity contribution in [1.82, 2.24) is 0 Å². The molecule has 0 heterocycles. The average Bonchev–Trinajstić information content (AvgIpc) is 2.45. The van der Waals surface area contributed by atoms with Crippen LogP contribution in [-0.4, -0.2) is 18.6 Å². The molecule has 0 aliphatic heterocycles. The number of carbonyl (C=O) groups excluding carboxylic acids is 1. The topological polar surface area (TPSA) is 64.7 Å². The highest BCUT2D eigenvalue weighted by Gasteiger charge is 2.09. The quantitative estimate of drug-likeness (QED) is 0.375. The van der Waals surface area contributed by atoms with E-state index in [1.54, 1.807) is 30.7 Å². The van der Waals surface area contributed by atoms with E-state index in [4.69, 9.17) is 22.1 Å². The number of benzene rings is 1. The minimum Gasteiger partial charge on any atom is -0.465 e. The van der Waals surface area contributed by atoms with Crippen molar-refractivity contribution in [3.8, 4) is 0 Å². The number of hydrogen-bond acceptors (Lipinski definition) is 5. The summed E-state index contributed by atoms with van der Waals surface area (Å²) in [5, 5.41) is 0.460. The summed E-state index contributed by atoms with van der Waals surface area (Å²) < 4.78 is 4.75. The van der Waals surface area contributed by atoms with Crippen LogP contribution in [0, 0.1) is 0 Å². The molecular weight excluding hydrogens is 308 g/mol. The lowest BCUT2D eigenvalue weighted by atomic mass is 10.1. The summed E-state index contributed by atoms with van der Waals surface area (Å²) in [6.45, 7) is 1.75. The van der Waals surface area contributed by atoms with Gasteiger partial charge in [0.05, 0.1) is 23.3 Å². The van der Waals surface area contributed by atoms with E-state index >= 15 is 0 Å². The van der Waals surface area contributed by atoms with E-state index in [1.165, 1.54) is 25.1 Å². The molecule has 0 bridgehead atoms. The zero-order valence-electron chi connectivity index (χ0n) is 11.9. The first-order valence-electron chi connectivity index (χ1n) is 6.13. The summed E-state index contributed by atoms with van der Waals surface area (Å²) >= 11 is 7.33. The van der Waals surface area contributed by atoms with Crippen molar-refractivity contribution in [3.63, 3.8) is 0 Å². The van der Waals surface area contributed by atoms with Crippen molar-refractivity contribution in [1.29, 1.82) is 0 Å². The molecule has 0 amide bonds. The highest BCUT2D eigenvalue weighted by atomic mass is 35.5. The number of halogens is 1. The molecule has 21 heavy (non-hydrogen) atoms. The third kappa shape index (κ3) is 6.51. The number of nitrogens with zero attached hydrogens (tertiary/aromatic N) is 1. The minimum atomic E-state index is -0.338. The monoisotopic (exact) mass is 324 g/mol. The summed E-state index contributed by atoms with van der Waals surface area (Å²) in [5.74, 6) is 0.279. The van der Waals surface area contributed by atoms with Crippen molar-refractivity contribution < 1.29 is 9.53 Å². The number of esters is 1. The molecule has 0 aromatic heterocycles. The van der Waals surface area contributed by atoms with E-state index in [-0.39, 0.29) is 5.97 Å². The Morgan fingerprint density at radius 1 is 1.48 bits per heavy atom. The van der Waals surface area contributed by atoms with Crippen LogP contribution in [-0.2, 0) is 10.5 Å². The largest absolute Gasteiger partial charge is 0.465 e. The van der Waals surface area contributed by atoms with Gasteiger partial charge in [-0.2, -0.15) is 0 Å². The number of allylic oxidation sites excluding steroid dienone is 3. The summed E-state index contributed by atoms with van der Waals surface area (Å²) in [6.07, 6.45) is 3.13. The van der Waals surface area contributed by atoms with E-state index in [1.807, 2.05) is 12.1 Å². The standard InChI is InChI=1S/C15H17ClN2O2S/c1-11(17)7-13(16)8-18-10-21-9-12-5-3-4-6-14(12)15(19)20-2/h3-8,10H,9,17H2,1-2H3/b11-7+,13-8+,18-10?. The second kappa shape index (κ2) is 9.26. The number of methoxy groups -OCH3 is 1. The van der Waals surface area contributed by atoms with E-state index in [9.17, 15) is 4.79 Å². The molecule has 0 aliphatic carbocycles. The highest BCUT2D eigenvalue weighted by molar-refractivity contribution is 8.11. The maximum atomic E-state index is 11.6. The van der Waals surface area contributed by atoms with Crippen LogP contribution in [0.2, 0.25) is 0 Å². The Balaban J connectivity index is 2.61. The summed E-state index contributed by atoms with van der Waals surface area (Å²) in [5.41, 5.74) is 9.24. The van der Waals surface area contributed by atoms with E-state index in [0.29, 0.717) is 22.0 Å². The molecule has 0 spiro atoms. The molecular formula is C15H17ClN2O2S. The molecule has 0 radical (unpaired) electrons. The smallest absolute Gasteiger partial charge is 0.338 e. The predicted octanol–water partition coefficient (Wildman–Crippen LogP) is 3.68. The first-order valence-corrected chi connectivity index (χ1v) is 7.56. The second-order valence-corrected chi connectivity index (χ2v) is 5.39. The predicted molar refractivity (Wildman–Crippen MR) is 89.4 cm³/mol. The maximum absolute atomic E-state index is 11.6. The van der Waals surface area contributed by atoms with Crippen molar-refractivity contribution in [2.45, 2.75) is 12.7 Å². The first kappa shape index (κ1) is 17.3. The Morgan fingerprint density at radius 2 is 2.19 bits per heavy atom. The van der Waals surface area contributed by atoms with Gasteiger partial charge in [0.2, 0.25) is 0 Å². The lowest BCUT2D eigenvalue weighted by Crippen LogP contribution is -2.04. The minimum absolute atomic E-state index is 0.338. The van der Waals surface area contributed by atoms with Gasteiger partial charge in [0.15, 0.2) is 0 Å². The fourth-order valence-corrected chi connectivity index (χ4v) is 2.36. The van der Waals surface area contributed by atoms with Gasteiger partial charge in [-0.05, 0) is 24.6 Å². The van der Waals surface area contributed by atoms with Crippen molar-refractivity contribution in [2.75, 3.05) is 7.11 Å². The number of hydrogen-bond donors (Lipinski definition) is 1. The van der Waals surface area contributed by atoms with Gasteiger partial charge >= 0.3 is 5.97 Å². The molecule has 112 valence electrons. The van der Waals surface area contributed by atoms with Crippen molar-refractivity contribution in [3.05, 3.63) is 58.4 Å². The van der Waals surface area contributed by atoms with Crippen LogP contribution in [0.25, 0.3) is 0 Å². The summed E-state index contributed by atoms with van der Waals surface area (Å²) in [6, 6.07) is 7.31. The third-order valence-corrected chi connectivity index (χ3v) is 3.32. The SMILES string of the molecule is COC(=O)c1ccccc1CSC=N/C=C(Cl)\C=C(/C)N. The van der Waals surface area contributed by atoms with E-state index < -0.39 is 0 Å². The Morgan fingerprint density at radius 3 is 2.86 bits per heavy atom. The van der Waals surface area contributed by atoms with Crippen molar-refractivity contribution >= 4 is 34.9 Å². The third-order valence-electron chi connectivity index (χ3n) is 2.36. The van der Waals surface area contributed by atoms with Gasteiger partial charge in [-0.15, -0.1) is 11.8 Å². The first-order chi connectivity index (χ1) is 10.0. The molecule has 0 saturated carbocycles. The van der Waals surface area contributed by atoms with Crippen LogP contribution in [0.3, 0.4) is 0 Å². The molecule has 0 saturated heterocycles. The molecule has 6 heteroatoms. The number of rotatable bonds is 6. The normalized spacial score (nSPS) is 12.7. The number of carbonyl (C=O) groups is 1. The van der Waals surface area contributed by atoms with Gasteiger partial charge in [-0.25, -0.2) is 4.79 Å². The molecule has 0 atom stereocenters. The number of ether oxygens (including phenoxy) is 1. The van der Waals surface area contributed by atoms with Gasteiger partial charge in [0, 0.05) is 17.6 Å². The highest BCUT2D eigenvalue weighted by Crippen LogP contribution is 2.16. The maximum Gasteiger partial charge on any atom is 0.338 e. The van der Waals surface area contributed by atoms with Gasteiger partial charge in [-0.1, -0.05) is 29.8 Å². The lowest BCUT2D eigenvalue weighted by molar-refractivity contribution is 0.0600. The number of thioether (sulfide) groups is 1. The van der Waals surface area contributed by atoms with Crippen LogP contribution < -0.4 is 5.73 Å².